The SMILES string of the molecule is CC(CNC(=O)c1sc2ccccc2c1N)c1nccs1. The molecule has 2 aromatic heterocycles. The Morgan fingerprint density at radius 2 is 2.24 bits per heavy atom. The van der Waals surface area contributed by atoms with Gasteiger partial charge in [0.2, 0.25) is 0 Å². The number of hydrogen-bond acceptors (Lipinski definition) is 5. The Morgan fingerprint density at radius 3 is 2.95 bits per heavy atom. The summed E-state index contributed by atoms with van der Waals surface area (Å²) in [5.74, 6) is 0.0849. The third-order valence-electron chi connectivity index (χ3n) is 3.28. The van der Waals surface area contributed by atoms with Crippen molar-refractivity contribution in [1.29, 1.82) is 0 Å². The summed E-state index contributed by atoms with van der Waals surface area (Å²) >= 11 is 3.03. The van der Waals surface area contributed by atoms with Crippen LogP contribution in [0.3, 0.4) is 0 Å². The monoisotopic (exact) mass is 317 g/mol. The smallest absolute Gasteiger partial charge is 0.263 e. The van der Waals surface area contributed by atoms with Gasteiger partial charge in [-0.2, -0.15) is 0 Å². The third kappa shape index (κ3) is 2.77. The van der Waals surface area contributed by atoms with Gasteiger partial charge in [0.1, 0.15) is 4.88 Å². The molecule has 108 valence electrons. The molecule has 0 saturated heterocycles. The molecule has 0 bridgehead atoms. The molecule has 0 spiro atoms. The van der Waals surface area contributed by atoms with Crippen LogP contribution < -0.4 is 11.1 Å². The standard InChI is InChI=1S/C15H15N3OS2/c1-9(15-17-6-7-20-15)8-18-14(19)13-12(16)10-4-2-3-5-11(10)21-13/h2-7,9H,8,16H2,1H3,(H,18,19). The second-order valence-electron chi connectivity index (χ2n) is 4.82. The molecule has 2 heterocycles. The van der Waals surface area contributed by atoms with Crippen molar-refractivity contribution in [2.75, 3.05) is 12.3 Å². The number of carbonyl (C=O) groups is 1. The normalized spacial score (nSPS) is 12.4. The predicted molar refractivity (Wildman–Crippen MR) is 89.1 cm³/mol. The minimum atomic E-state index is -0.114. The Balaban J connectivity index is 1.74. The molecule has 1 amide bonds. The number of amides is 1. The van der Waals surface area contributed by atoms with Crippen LogP contribution in [0, 0.1) is 0 Å². The maximum absolute atomic E-state index is 12.3. The summed E-state index contributed by atoms with van der Waals surface area (Å²) in [7, 11) is 0. The lowest BCUT2D eigenvalue weighted by molar-refractivity contribution is 0.0956. The van der Waals surface area contributed by atoms with Crippen LogP contribution in [0.25, 0.3) is 10.1 Å². The molecule has 6 heteroatoms. The van der Waals surface area contributed by atoms with E-state index in [1.54, 1.807) is 17.5 Å². The molecule has 4 nitrogen and oxygen atoms in total. The first kappa shape index (κ1) is 14.0. The minimum absolute atomic E-state index is 0.114. The molecule has 0 aliphatic heterocycles. The summed E-state index contributed by atoms with van der Waals surface area (Å²) in [5.41, 5.74) is 6.64. The molecule has 1 atom stereocenters. The van der Waals surface area contributed by atoms with Crippen LogP contribution >= 0.6 is 22.7 Å². The van der Waals surface area contributed by atoms with E-state index in [0.29, 0.717) is 17.1 Å². The van der Waals surface area contributed by atoms with E-state index in [-0.39, 0.29) is 11.8 Å². The fourth-order valence-electron chi connectivity index (χ4n) is 2.13. The van der Waals surface area contributed by atoms with E-state index in [1.807, 2.05) is 36.6 Å². The third-order valence-corrected chi connectivity index (χ3v) is 5.47. The lowest BCUT2D eigenvalue weighted by atomic mass is 10.2. The van der Waals surface area contributed by atoms with Crippen molar-refractivity contribution < 1.29 is 4.79 Å². The number of nitrogens with zero attached hydrogens (tertiary/aromatic N) is 1. The first-order valence-corrected chi connectivity index (χ1v) is 8.31. The second-order valence-corrected chi connectivity index (χ2v) is 6.80. The lowest BCUT2D eigenvalue weighted by Crippen LogP contribution is -2.27. The first-order chi connectivity index (χ1) is 10.2. The number of hydrogen-bond donors (Lipinski definition) is 2. The van der Waals surface area contributed by atoms with Crippen LogP contribution in [0.15, 0.2) is 35.8 Å². The number of aromatic nitrogens is 1. The van der Waals surface area contributed by atoms with E-state index in [2.05, 4.69) is 10.3 Å². The number of nitrogens with two attached hydrogens (primary N) is 1. The van der Waals surface area contributed by atoms with Gasteiger partial charge in [-0.15, -0.1) is 22.7 Å². The highest BCUT2D eigenvalue weighted by Crippen LogP contribution is 2.33. The molecule has 3 N–H and O–H groups in total. The number of anilines is 1. The molecule has 0 radical (unpaired) electrons. The van der Waals surface area contributed by atoms with E-state index >= 15 is 0 Å². The molecule has 3 aromatic rings. The van der Waals surface area contributed by atoms with E-state index in [0.717, 1.165) is 15.1 Å². The number of thiazole rings is 1. The number of nitrogen functional groups attached to an aromatic ring is 1. The fraction of sp³-hybridized carbons (Fsp3) is 0.200. The van der Waals surface area contributed by atoms with Crippen molar-refractivity contribution in [3.05, 3.63) is 45.7 Å². The van der Waals surface area contributed by atoms with Crippen molar-refractivity contribution in [3.63, 3.8) is 0 Å². The lowest BCUT2D eigenvalue weighted by Gasteiger charge is -2.09. The Bertz CT molecular complexity index is 764. The number of fused-ring (bicyclic) bond motifs is 1. The van der Waals surface area contributed by atoms with Gasteiger partial charge in [-0.3, -0.25) is 4.79 Å². The predicted octanol–water partition coefficient (Wildman–Crippen LogP) is 3.47. The largest absolute Gasteiger partial charge is 0.397 e. The molecular formula is C15H15N3OS2. The quantitative estimate of drug-likeness (QED) is 0.774. The van der Waals surface area contributed by atoms with E-state index < -0.39 is 0 Å². The summed E-state index contributed by atoms with van der Waals surface area (Å²) in [6, 6.07) is 7.80. The Kier molecular flexibility index (Phi) is 3.90. The molecule has 0 aliphatic carbocycles. The van der Waals surface area contributed by atoms with Crippen molar-refractivity contribution in [2.24, 2.45) is 0 Å². The summed E-state index contributed by atoms with van der Waals surface area (Å²) in [4.78, 5) is 17.2. The number of thiophene rings is 1. The molecule has 0 aliphatic rings. The zero-order valence-electron chi connectivity index (χ0n) is 11.5. The van der Waals surface area contributed by atoms with Gasteiger partial charge >= 0.3 is 0 Å². The molecule has 1 unspecified atom stereocenters. The van der Waals surface area contributed by atoms with Crippen LogP contribution in [0.2, 0.25) is 0 Å². The summed E-state index contributed by atoms with van der Waals surface area (Å²) in [5, 5.41) is 6.86. The zero-order chi connectivity index (χ0) is 14.8. The van der Waals surface area contributed by atoms with Crippen LogP contribution in [0.1, 0.15) is 27.5 Å². The van der Waals surface area contributed by atoms with Crippen molar-refractivity contribution >= 4 is 44.4 Å². The van der Waals surface area contributed by atoms with Crippen molar-refractivity contribution in [1.82, 2.24) is 10.3 Å². The number of benzene rings is 1. The van der Waals surface area contributed by atoms with Gasteiger partial charge in [0.05, 0.1) is 10.7 Å². The molecule has 3 rings (SSSR count). The molecular weight excluding hydrogens is 302 g/mol. The van der Waals surface area contributed by atoms with Gasteiger partial charge in [0.25, 0.3) is 5.91 Å². The average Bonchev–Trinajstić information content (AvgIpc) is 3.13. The number of nitrogens with one attached hydrogen (secondary N) is 1. The molecule has 0 saturated carbocycles. The minimum Gasteiger partial charge on any atom is -0.397 e. The van der Waals surface area contributed by atoms with E-state index in [4.69, 9.17) is 5.73 Å². The highest BCUT2D eigenvalue weighted by molar-refractivity contribution is 7.21. The van der Waals surface area contributed by atoms with E-state index in [1.165, 1.54) is 11.3 Å². The van der Waals surface area contributed by atoms with Crippen LogP contribution in [-0.2, 0) is 0 Å². The van der Waals surface area contributed by atoms with Gasteiger partial charge in [-0.05, 0) is 6.07 Å². The molecule has 21 heavy (non-hydrogen) atoms. The fourth-order valence-corrected chi connectivity index (χ4v) is 3.86. The van der Waals surface area contributed by atoms with Crippen molar-refractivity contribution in [3.8, 4) is 0 Å². The Hall–Kier alpha value is -1.92. The Morgan fingerprint density at radius 1 is 1.43 bits per heavy atom. The van der Waals surface area contributed by atoms with Crippen LogP contribution in [0.5, 0.6) is 0 Å². The maximum Gasteiger partial charge on any atom is 0.263 e. The highest BCUT2D eigenvalue weighted by Gasteiger charge is 2.17. The highest BCUT2D eigenvalue weighted by atomic mass is 32.1. The van der Waals surface area contributed by atoms with Gasteiger partial charge in [-0.25, -0.2) is 4.98 Å². The molecule has 1 aromatic carbocycles. The summed E-state index contributed by atoms with van der Waals surface area (Å²) in [6.45, 7) is 2.60. The number of rotatable bonds is 4. The maximum atomic E-state index is 12.3. The summed E-state index contributed by atoms with van der Waals surface area (Å²) in [6.07, 6.45) is 1.78. The molecule has 0 fully saturated rings. The van der Waals surface area contributed by atoms with Crippen molar-refractivity contribution in [2.45, 2.75) is 12.8 Å². The van der Waals surface area contributed by atoms with Gasteiger partial charge in [0.15, 0.2) is 0 Å². The number of carbonyl (C=O) groups excluding carboxylic acids is 1. The summed E-state index contributed by atoms with van der Waals surface area (Å²) < 4.78 is 1.04. The van der Waals surface area contributed by atoms with Gasteiger partial charge < -0.3 is 11.1 Å². The topological polar surface area (TPSA) is 68.0 Å². The van der Waals surface area contributed by atoms with Gasteiger partial charge in [0, 0.05) is 34.1 Å². The second kappa shape index (κ2) is 5.83. The average molecular weight is 317 g/mol. The van der Waals surface area contributed by atoms with Gasteiger partial charge in [-0.1, -0.05) is 25.1 Å². The van der Waals surface area contributed by atoms with Crippen LogP contribution in [-0.4, -0.2) is 17.4 Å². The zero-order valence-corrected chi connectivity index (χ0v) is 13.1. The van der Waals surface area contributed by atoms with E-state index in [9.17, 15) is 4.79 Å². The first-order valence-electron chi connectivity index (χ1n) is 6.61. The van der Waals surface area contributed by atoms with Crippen LogP contribution in [0.4, 0.5) is 5.69 Å². The Labute approximate surface area is 130 Å².